The van der Waals surface area contributed by atoms with Gasteiger partial charge in [0.1, 0.15) is 17.7 Å². The molecule has 2 amide bonds. The Hall–Kier alpha value is -3.40. The predicted octanol–water partition coefficient (Wildman–Crippen LogP) is 1.23. The predicted molar refractivity (Wildman–Crippen MR) is 114 cm³/mol. The fraction of sp³-hybridized carbons (Fsp3) is 0.455. The first kappa shape index (κ1) is 24.9. The number of benzene rings is 1. The lowest BCUT2D eigenvalue weighted by Gasteiger charge is -2.20. The number of nitrogens with zero attached hydrogens (tertiary/aromatic N) is 2. The van der Waals surface area contributed by atoms with Gasteiger partial charge in [-0.05, 0) is 18.9 Å². The Labute approximate surface area is 186 Å². The number of carbonyl (C=O) groups excluding carboxylic acids is 2. The van der Waals surface area contributed by atoms with Crippen LogP contribution in [0.25, 0.3) is 0 Å². The number of hydrogen-bond acceptors (Lipinski definition) is 7. The average molecular weight is 447 g/mol. The molecule has 1 aromatic heterocycles. The van der Waals surface area contributed by atoms with Gasteiger partial charge in [0.15, 0.2) is 0 Å². The van der Waals surface area contributed by atoms with Gasteiger partial charge in [-0.1, -0.05) is 23.4 Å². The summed E-state index contributed by atoms with van der Waals surface area (Å²) in [7, 11) is 3.25. The van der Waals surface area contributed by atoms with Crippen molar-refractivity contribution in [3.05, 3.63) is 47.9 Å². The molecular formula is C22H29N3O7. The van der Waals surface area contributed by atoms with Crippen LogP contribution in [-0.2, 0) is 27.3 Å². The molecule has 1 aromatic carbocycles. The molecule has 1 heterocycles. The van der Waals surface area contributed by atoms with Crippen molar-refractivity contribution in [2.45, 2.75) is 44.9 Å². The zero-order chi connectivity index (χ0) is 23.7. The maximum Gasteiger partial charge on any atom is 0.300 e. The number of aromatic nitrogens is 1. The van der Waals surface area contributed by atoms with Crippen molar-refractivity contribution in [1.82, 2.24) is 15.4 Å². The Morgan fingerprint density at radius 1 is 1.25 bits per heavy atom. The Morgan fingerprint density at radius 3 is 2.56 bits per heavy atom. The number of aliphatic hydroxyl groups excluding tert-OH is 1. The summed E-state index contributed by atoms with van der Waals surface area (Å²) in [5.74, 6) is -0.822. The highest BCUT2D eigenvalue weighted by molar-refractivity contribution is 5.81. The molecule has 0 radical (unpaired) electrons. The third-order valence-corrected chi connectivity index (χ3v) is 5.03. The quantitative estimate of drug-likeness (QED) is 0.575. The molecule has 1 saturated carbocycles. The minimum absolute atomic E-state index is 0.0801. The van der Waals surface area contributed by atoms with Crippen molar-refractivity contribution >= 4 is 17.8 Å². The summed E-state index contributed by atoms with van der Waals surface area (Å²) in [5.41, 5.74) is 1.44. The molecule has 1 aliphatic carbocycles. The molecule has 0 unspecified atom stereocenters. The van der Waals surface area contributed by atoms with Crippen LogP contribution in [0.4, 0.5) is 0 Å². The van der Waals surface area contributed by atoms with Crippen LogP contribution in [0, 0.1) is 5.92 Å². The first-order chi connectivity index (χ1) is 15.2. The Bertz CT molecular complexity index is 897. The van der Waals surface area contributed by atoms with Gasteiger partial charge < -0.3 is 29.7 Å². The van der Waals surface area contributed by atoms with E-state index in [4.69, 9.17) is 19.2 Å². The molecule has 1 aliphatic rings. The highest BCUT2D eigenvalue weighted by atomic mass is 16.5. The number of carboxylic acid groups (broad SMARTS) is 1. The SMILES string of the molecule is CC(=O)O.COc1ccccc1CC(=O)N[C@@H]1C[C@H](C(=O)N(C)Cc2ccon2)C[C@H]1O. The topological polar surface area (TPSA) is 142 Å². The largest absolute Gasteiger partial charge is 0.496 e. The van der Waals surface area contributed by atoms with Crippen molar-refractivity contribution in [2.24, 2.45) is 5.92 Å². The van der Waals surface area contributed by atoms with E-state index in [0.717, 1.165) is 12.5 Å². The van der Waals surface area contributed by atoms with Crippen LogP contribution < -0.4 is 10.1 Å². The molecule has 0 aliphatic heterocycles. The standard InChI is InChI=1S/C20H25N3O5.C2H4O2/c1-23(12-15-7-8-28-22-15)20(26)14-9-16(17(24)10-14)21-19(25)11-13-5-3-4-6-18(13)27-2;1-2(3)4/h3-8,14,16-17,24H,9-12H2,1-2H3,(H,21,25);1H3,(H,3,4)/t14-,16+,17+;/m0./s1. The maximum absolute atomic E-state index is 12.7. The minimum Gasteiger partial charge on any atom is -0.496 e. The molecular weight excluding hydrogens is 418 g/mol. The van der Waals surface area contributed by atoms with Gasteiger partial charge in [0.25, 0.3) is 5.97 Å². The van der Waals surface area contributed by atoms with Gasteiger partial charge in [-0.2, -0.15) is 0 Å². The lowest BCUT2D eigenvalue weighted by molar-refractivity contribution is -0.135. The van der Waals surface area contributed by atoms with E-state index in [-0.39, 0.29) is 24.2 Å². The van der Waals surface area contributed by atoms with Crippen molar-refractivity contribution in [1.29, 1.82) is 0 Å². The van der Waals surface area contributed by atoms with Gasteiger partial charge in [-0.15, -0.1) is 0 Å². The zero-order valence-electron chi connectivity index (χ0n) is 18.4. The number of rotatable bonds is 7. The lowest BCUT2D eigenvalue weighted by atomic mass is 10.1. The number of nitrogens with one attached hydrogen (secondary N) is 1. The van der Waals surface area contributed by atoms with E-state index in [2.05, 4.69) is 10.5 Å². The summed E-state index contributed by atoms with van der Waals surface area (Å²) in [6.45, 7) is 1.42. The van der Waals surface area contributed by atoms with Gasteiger partial charge in [0.2, 0.25) is 11.8 Å². The highest BCUT2D eigenvalue weighted by Gasteiger charge is 2.38. The number of para-hydroxylation sites is 1. The van der Waals surface area contributed by atoms with E-state index in [1.807, 2.05) is 18.2 Å². The summed E-state index contributed by atoms with van der Waals surface area (Å²) in [6, 6.07) is 8.56. The van der Waals surface area contributed by atoms with Crippen LogP contribution >= 0.6 is 0 Å². The number of ether oxygens (including phenoxy) is 1. The van der Waals surface area contributed by atoms with E-state index in [0.29, 0.717) is 30.8 Å². The molecule has 0 bridgehead atoms. The number of carbonyl (C=O) groups is 3. The van der Waals surface area contributed by atoms with Crippen LogP contribution in [0.3, 0.4) is 0 Å². The molecule has 10 nitrogen and oxygen atoms in total. The maximum atomic E-state index is 12.7. The monoisotopic (exact) mass is 447 g/mol. The van der Waals surface area contributed by atoms with E-state index in [9.17, 15) is 14.7 Å². The third-order valence-electron chi connectivity index (χ3n) is 5.03. The van der Waals surface area contributed by atoms with Crippen molar-refractivity contribution in [2.75, 3.05) is 14.2 Å². The normalized spacial score (nSPS) is 19.4. The molecule has 3 rings (SSSR count). The second kappa shape index (κ2) is 11.8. The molecule has 0 saturated heterocycles. The van der Waals surface area contributed by atoms with Gasteiger partial charge in [-0.25, -0.2) is 0 Å². The molecule has 3 atom stereocenters. The number of aliphatic hydroxyl groups is 1. The second-order valence-corrected chi connectivity index (χ2v) is 7.60. The first-order valence-corrected chi connectivity index (χ1v) is 10.1. The third kappa shape index (κ3) is 7.38. The van der Waals surface area contributed by atoms with Crippen LogP contribution in [0.2, 0.25) is 0 Å². The van der Waals surface area contributed by atoms with Crippen LogP contribution in [0.15, 0.2) is 41.1 Å². The molecule has 2 aromatic rings. The van der Waals surface area contributed by atoms with E-state index < -0.39 is 18.1 Å². The van der Waals surface area contributed by atoms with Crippen LogP contribution in [0.1, 0.15) is 31.0 Å². The second-order valence-electron chi connectivity index (χ2n) is 7.60. The molecule has 1 fully saturated rings. The number of aliphatic carboxylic acids is 1. The van der Waals surface area contributed by atoms with Crippen molar-refractivity contribution < 1.29 is 33.9 Å². The number of methoxy groups -OCH3 is 1. The fourth-order valence-electron chi connectivity index (χ4n) is 3.60. The van der Waals surface area contributed by atoms with E-state index >= 15 is 0 Å². The number of carboxylic acids is 1. The zero-order valence-corrected chi connectivity index (χ0v) is 18.4. The summed E-state index contributed by atoms with van der Waals surface area (Å²) < 4.78 is 10.0. The fourth-order valence-corrected chi connectivity index (χ4v) is 3.60. The average Bonchev–Trinajstić information content (AvgIpc) is 3.37. The highest BCUT2D eigenvalue weighted by Crippen LogP contribution is 2.28. The van der Waals surface area contributed by atoms with Crippen LogP contribution in [0.5, 0.6) is 5.75 Å². The molecule has 174 valence electrons. The number of amides is 2. The van der Waals surface area contributed by atoms with Crippen molar-refractivity contribution in [3.8, 4) is 5.75 Å². The minimum atomic E-state index is -0.833. The Morgan fingerprint density at radius 2 is 1.94 bits per heavy atom. The summed E-state index contributed by atoms with van der Waals surface area (Å²) in [5, 5.41) is 24.4. The lowest BCUT2D eigenvalue weighted by Crippen LogP contribution is -2.40. The van der Waals surface area contributed by atoms with Crippen LogP contribution in [-0.4, -0.2) is 64.4 Å². The van der Waals surface area contributed by atoms with Crippen molar-refractivity contribution in [3.63, 3.8) is 0 Å². The van der Waals surface area contributed by atoms with Gasteiger partial charge in [-0.3, -0.25) is 14.4 Å². The molecule has 10 heteroatoms. The smallest absolute Gasteiger partial charge is 0.300 e. The van der Waals surface area contributed by atoms with Gasteiger partial charge in [0, 0.05) is 31.5 Å². The van der Waals surface area contributed by atoms with E-state index in [1.54, 1.807) is 31.2 Å². The summed E-state index contributed by atoms with van der Waals surface area (Å²) >= 11 is 0. The summed E-state index contributed by atoms with van der Waals surface area (Å²) in [4.78, 5) is 35.6. The van der Waals surface area contributed by atoms with Gasteiger partial charge >= 0.3 is 0 Å². The molecule has 3 N–H and O–H groups in total. The first-order valence-electron chi connectivity index (χ1n) is 10.1. The molecule has 0 spiro atoms. The van der Waals surface area contributed by atoms with Gasteiger partial charge in [0.05, 0.1) is 32.2 Å². The summed E-state index contributed by atoms with van der Waals surface area (Å²) in [6.07, 6.45) is 1.58. The Kier molecular flexibility index (Phi) is 9.21. The van der Waals surface area contributed by atoms with E-state index in [1.165, 1.54) is 6.26 Å². The number of hydrogen-bond donors (Lipinski definition) is 3. The molecule has 32 heavy (non-hydrogen) atoms. The Balaban J connectivity index is 0.000000837.